The van der Waals surface area contributed by atoms with E-state index in [1.165, 1.54) is 56.9 Å². The first-order valence-electron chi connectivity index (χ1n) is 16.2. The molecular weight excluding hydrogens is 564 g/mol. The molecule has 0 saturated heterocycles. The number of aromatic hydroxyl groups is 1. The number of carboxylic acid groups (broad SMARTS) is 3. The van der Waals surface area contributed by atoms with Crippen molar-refractivity contribution in [2.75, 3.05) is 0 Å². The smallest absolute Gasteiger partial charge is 0.336 e. The van der Waals surface area contributed by atoms with Gasteiger partial charge in [-0.15, -0.1) is 0 Å². The van der Waals surface area contributed by atoms with Gasteiger partial charge >= 0.3 is 17.9 Å². The molecule has 0 fully saturated rings. The largest absolute Gasteiger partial charge is 0.507 e. The Morgan fingerprint density at radius 3 is 1.73 bits per heavy atom. The molecule has 1 aliphatic rings. The third kappa shape index (κ3) is 12.7. The molecule has 0 spiro atoms. The lowest BCUT2D eigenvalue weighted by atomic mass is 9.84. The van der Waals surface area contributed by atoms with E-state index in [0.717, 1.165) is 59.5 Å². The molecule has 1 heterocycles. The van der Waals surface area contributed by atoms with Gasteiger partial charge in [0, 0.05) is 5.56 Å². The number of phenolic OH excluding ortho intramolecular Hbond substituents is 1. The van der Waals surface area contributed by atoms with E-state index in [2.05, 4.69) is 41.5 Å². The molecule has 2 rings (SSSR count). The highest BCUT2D eigenvalue weighted by Crippen LogP contribution is 2.44. The first-order valence-corrected chi connectivity index (χ1v) is 16.2. The van der Waals surface area contributed by atoms with Crippen LogP contribution in [0.3, 0.4) is 0 Å². The van der Waals surface area contributed by atoms with Gasteiger partial charge in [0.15, 0.2) is 5.60 Å². The van der Waals surface area contributed by atoms with Crippen molar-refractivity contribution in [3.63, 3.8) is 0 Å². The Labute approximate surface area is 264 Å². The van der Waals surface area contributed by atoms with Gasteiger partial charge in [-0.3, -0.25) is 9.59 Å². The minimum Gasteiger partial charge on any atom is -0.507 e. The van der Waals surface area contributed by atoms with E-state index in [0.29, 0.717) is 5.75 Å². The summed E-state index contributed by atoms with van der Waals surface area (Å²) < 4.78 is 6.60. The maximum absolute atomic E-state index is 10.4. The molecule has 0 aliphatic carbocycles. The van der Waals surface area contributed by atoms with Crippen LogP contribution < -0.4 is 4.74 Å². The number of rotatable bonds is 17. The number of benzene rings is 1. The average molecular weight is 623 g/mol. The quantitative estimate of drug-likeness (QED) is 0.118. The molecule has 0 aromatic heterocycles. The monoisotopic (exact) mass is 622 g/mol. The Kier molecular flexibility index (Phi) is 15.7. The molecule has 0 amide bonds. The predicted molar refractivity (Wildman–Crippen MR) is 171 cm³/mol. The highest BCUT2D eigenvalue weighted by Gasteiger charge is 2.41. The van der Waals surface area contributed by atoms with E-state index in [1.807, 2.05) is 13.8 Å². The molecule has 1 aromatic rings. The Hall–Kier alpha value is -2.81. The maximum atomic E-state index is 10.4. The Bertz CT molecular complexity index is 1090. The van der Waals surface area contributed by atoms with Crippen molar-refractivity contribution in [2.24, 2.45) is 17.8 Å². The highest BCUT2D eigenvalue weighted by atomic mass is 16.5. The van der Waals surface area contributed by atoms with E-state index in [9.17, 15) is 19.5 Å². The van der Waals surface area contributed by atoms with Crippen LogP contribution in [0.1, 0.15) is 134 Å². The minimum atomic E-state index is -2.74. The lowest BCUT2D eigenvalue weighted by Gasteiger charge is -2.38. The number of carbonyl (C=O) groups is 3. The topological polar surface area (TPSA) is 162 Å². The summed E-state index contributed by atoms with van der Waals surface area (Å²) >= 11 is 0. The van der Waals surface area contributed by atoms with Crippen LogP contribution in [0.4, 0.5) is 0 Å². The van der Waals surface area contributed by atoms with E-state index < -0.39 is 36.4 Å². The SMILES string of the molecule is Cc1c(C)c2c(c(C)c1O)CC[C@@](C)(CCC[C@H](C)CCC[C@H](C)CCCC(C)C)O2.O=C(O)CC(O)(CC(=O)O)C(=O)O. The number of aliphatic hydroxyl groups is 1. The number of hydrogen-bond donors (Lipinski definition) is 5. The summed E-state index contributed by atoms with van der Waals surface area (Å²) in [7, 11) is 0. The summed E-state index contributed by atoms with van der Waals surface area (Å²) in [6.45, 7) is 17.9. The van der Waals surface area contributed by atoms with Gasteiger partial charge in [-0.2, -0.15) is 0 Å². The molecule has 0 radical (unpaired) electrons. The molecule has 252 valence electrons. The molecule has 3 atom stereocenters. The van der Waals surface area contributed by atoms with Gasteiger partial charge in [-0.25, -0.2) is 4.79 Å². The zero-order valence-electron chi connectivity index (χ0n) is 28.3. The second-order valence-corrected chi connectivity index (χ2v) is 13.9. The summed E-state index contributed by atoms with van der Waals surface area (Å²) in [5, 5.41) is 44.2. The summed E-state index contributed by atoms with van der Waals surface area (Å²) in [4.78, 5) is 30.5. The number of hydrogen-bond acceptors (Lipinski definition) is 6. The summed E-state index contributed by atoms with van der Waals surface area (Å²) in [6, 6.07) is 0. The van der Waals surface area contributed by atoms with Crippen LogP contribution in [-0.4, -0.2) is 54.6 Å². The lowest BCUT2D eigenvalue weighted by Crippen LogP contribution is -2.42. The minimum absolute atomic E-state index is 0.0712. The van der Waals surface area contributed by atoms with Crippen LogP contribution in [0.2, 0.25) is 0 Å². The zero-order chi connectivity index (χ0) is 33.8. The molecule has 1 aliphatic heterocycles. The molecular formula is C35H58O9. The fourth-order valence-corrected chi connectivity index (χ4v) is 5.99. The Morgan fingerprint density at radius 1 is 0.795 bits per heavy atom. The summed E-state index contributed by atoms with van der Waals surface area (Å²) in [5.74, 6) is -0.984. The van der Waals surface area contributed by atoms with Crippen LogP contribution in [0.25, 0.3) is 0 Å². The Balaban J connectivity index is 0.000000627. The van der Waals surface area contributed by atoms with Gasteiger partial charge in [0.2, 0.25) is 0 Å². The van der Waals surface area contributed by atoms with Gasteiger partial charge in [0.25, 0.3) is 0 Å². The van der Waals surface area contributed by atoms with Crippen molar-refractivity contribution in [3.8, 4) is 11.5 Å². The van der Waals surface area contributed by atoms with Crippen molar-refractivity contribution in [1.82, 2.24) is 0 Å². The first kappa shape index (κ1) is 39.2. The Morgan fingerprint density at radius 2 is 1.27 bits per heavy atom. The standard InChI is InChI=1S/C29H50O2.C6H8O7/c1-20(2)12-9-13-21(3)14-10-15-22(4)16-11-18-29(8)19-17-26-25(7)27(30)23(5)24(6)28(26)31-29;7-3(8)1-6(13,5(11)12)2-4(9)10/h20-22,30H,9-19H2,1-8H3;13H,1-2H2,(H,7,8)(H,9,10)(H,11,12)/t21-,22-,29-;/m1./s1. The van der Waals surface area contributed by atoms with Crippen molar-refractivity contribution < 1.29 is 44.7 Å². The number of fused-ring (bicyclic) bond motifs is 1. The highest BCUT2D eigenvalue weighted by molar-refractivity contribution is 5.88. The molecule has 1 aromatic carbocycles. The number of carboxylic acids is 3. The van der Waals surface area contributed by atoms with Gasteiger partial charge < -0.3 is 30.3 Å². The van der Waals surface area contributed by atoms with Crippen LogP contribution in [-0.2, 0) is 20.8 Å². The van der Waals surface area contributed by atoms with Gasteiger partial charge in [-0.1, -0.05) is 72.6 Å². The van der Waals surface area contributed by atoms with Crippen molar-refractivity contribution in [2.45, 2.75) is 150 Å². The lowest BCUT2D eigenvalue weighted by molar-refractivity contribution is -0.170. The zero-order valence-corrected chi connectivity index (χ0v) is 28.3. The normalized spacial score (nSPS) is 17.6. The fourth-order valence-electron chi connectivity index (χ4n) is 5.99. The van der Waals surface area contributed by atoms with E-state index in [-0.39, 0.29) is 5.60 Å². The second kappa shape index (κ2) is 17.6. The summed E-state index contributed by atoms with van der Waals surface area (Å²) in [6.07, 6.45) is 11.8. The van der Waals surface area contributed by atoms with Crippen LogP contribution in [0.5, 0.6) is 11.5 Å². The number of ether oxygens (including phenoxy) is 1. The van der Waals surface area contributed by atoms with Crippen molar-refractivity contribution in [1.29, 1.82) is 0 Å². The third-order valence-corrected chi connectivity index (χ3v) is 9.15. The van der Waals surface area contributed by atoms with Crippen LogP contribution in [0.15, 0.2) is 0 Å². The van der Waals surface area contributed by atoms with Crippen molar-refractivity contribution in [3.05, 3.63) is 22.3 Å². The molecule has 9 heteroatoms. The second-order valence-electron chi connectivity index (χ2n) is 13.9. The molecule has 9 nitrogen and oxygen atoms in total. The molecule has 0 saturated carbocycles. The van der Waals surface area contributed by atoms with Crippen molar-refractivity contribution >= 4 is 17.9 Å². The van der Waals surface area contributed by atoms with E-state index >= 15 is 0 Å². The first-order chi connectivity index (χ1) is 20.3. The van der Waals surface area contributed by atoms with Crippen LogP contribution in [0, 0.1) is 38.5 Å². The molecule has 0 unspecified atom stereocenters. The predicted octanol–water partition coefficient (Wildman–Crippen LogP) is 7.59. The average Bonchev–Trinajstić information content (AvgIpc) is 2.89. The van der Waals surface area contributed by atoms with Gasteiger partial charge in [0.1, 0.15) is 17.1 Å². The number of aliphatic carboxylic acids is 3. The van der Waals surface area contributed by atoms with Crippen LogP contribution >= 0.6 is 0 Å². The third-order valence-electron chi connectivity index (χ3n) is 9.15. The number of phenols is 1. The fraction of sp³-hybridized carbons (Fsp3) is 0.743. The molecule has 0 bridgehead atoms. The van der Waals surface area contributed by atoms with E-state index in [1.54, 1.807) is 0 Å². The maximum Gasteiger partial charge on any atom is 0.336 e. The molecule has 44 heavy (non-hydrogen) atoms. The van der Waals surface area contributed by atoms with Gasteiger partial charge in [-0.05, 0) is 87.8 Å². The summed E-state index contributed by atoms with van der Waals surface area (Å²) in [5.41, 5.74) is 1.49. The van der Waals surface area contributed by atoms with Gasteiger partial charge in [0.05, 0.1) is 12.8 Å². The van der Waals surface area contributed by atoms with E-state index in [4.69, 9.17) is 25.2 Å². The molecule has 5 N–H and O–H groups in total.